The van der Waals surface area contributed by atoms with Gasteiger partial charge in [0.05, 0.1) is 0 Å². The van der Waals surface area contributed by atoms with Crippen molar-refractivity contribution in [2.24, 2.45) is 62.6 Å². The highest BCUT2D eigenvalue weighted by Gasteiger charge is 2.71. The standard InChI is InChI=1S/C39H58O2/c1-25(2)29-17-19-36(6)21-22-38(8)30(33(29)36)15-16-32-37(7)24-28(23-27-13-11-10-12-14-27)34(41-26(3)40)35(4,5)31(37)18-20-39(32,38)9/h10-14,23,25,29-34H,15-22,24H2,1-9H3/b28-23-/t29-,30+,31-,32-,33+,34+,36+,37-,38+,39+/m0/s1. The highest BCUT2D eigenvalue weighted by Crippen LogP contribution is 2.77. The van der Waals surface area contributed by atoms with Crippen LogP contribution in [0.1, 0.15) is 126 Å². The predicted octanol–water partition coefficient (Wildman–Crippen LogP) is 10.4. The third kappa shape index (κ3) is 4.18. The van der Waals surface area contributed by atoms with Gasteiger partial charge in [-0.2, -0.15) is 0 Å². The van der Waals surface area contributed by atoms with Crippen LogP contribution in [-0.4, -0.2) is 12.1 Å². The Balaban J connectivity index is 1.41. The second-order valence-corrected chi connectivity index (χ2v) is 17.4. The maximum Gasteiger partial charge on any atom is 0.303 e. The molecule has 1 aromatic carbocycles. The Kier molecular flexibility index (Phi) is 6.99. The van der Waals surface area contributed by atoms with E-state index >= 15 is 0 Å². The van der Waals surface area contributed by atoms with Crippen molar-refractivity contribution in [2.45, 2.75) is 126 Å². The Bertz CT molecular complexity index is 1200. The summed E-state index contributed by atoms with van der Waals surface area (Å²) in [7, 11) is 0. The van der Waals surface area contributed by atoms with Gasteiger partial charge in [-0.05, 0) is 126 Å². The maximum atomic E-state index is 12.5. The van der Waals surface area contributed by atoms with Crippen LogP contribution in [0.15, 0.2) is 35.9 Å². The van der Waals surface area contributed by atoms with Crippen molar-refractivity contribution in [1.82, 2.24) is 0 Å². The third-order valence-corrected chi connectivity index (χ3v) is 15.0. The Morgan fingerprint density at radius 1 is 0.854 bits per heavy atom. The first-order chi connectivity index (χ1) is 19.2. The first kappa shape index (κ1) is 29.5. The van der Waals surface area contributed by atoms with Crippen LogP contribution in [0, 0.1) is 62.6 Å². The molecule has 2 nitrogen and oxygen atoms in total. The summed E-state index contributed by atoms with van der Waals surface area (Å²) in [5, 5.41) is 0. The van der Waals surface area contributed by atoms with Crippen molar-refractivity contribution in [2.75, 3.05) is 0 Å². The van der Waals surface area contributed by atoms with Gasteiger partial charge in [0.2, 0.25) is 0 Å². The molecule has 0 heterocycles. The van der Waals surface area contributed by atoms with Crippen molar-refractivity contribution in [3.8, 4) is 0 Å². The molecule has 0 saturated heterocycles. The summed E-state index contributed by atoms with van der Waals surface area (Å²) in [5.41, 5.74) is 3.98. The van der Waals surface area contributed by atoms with E-state index in [0.29, 0.717) is 28.1 Å². The zero-order valence-corrected chi connectivity index (χ0v) is 27.7. The SMILES string of the molecule is CC(=O)O[C@@H]1/C(=C\c2ccccc2)C[C@@]2(C)[C@@H](CC[C@]3(C)[C@H]2CC[C@@H]2[C@H]4[C@H](C(C)C)CC[C@]4(C)CC[C@]23C)C1(C)C. The van der Waals surface area contributed by atoms with E-state index in [4.69, 9.17) is 4.74 Å². The van der Waals surface area contributed by atoms with Crippen molar-refractivity contribution in [1.29, 1.82) is 0 Å². The largest absolute Gasteiger partial charge is 0.457 e. The average molecular weight is 559 g/mol. The topological polar surface area (TPSA) is 26.3 Å². The molecule has 0 aliphatic heterocycles. The van der Waals surface area contributed by atoms with Gasteiger partial charge in [-0.3, -0.25) is 4.79 Å². The molecule has 5 saturated carbocycles. The summed E-state index contributed by atoms with van der Waals surface area (Å²) in [6.07, 6.45) is 14.4. The molecule has 226 valence electrons. The van der Waals surface area contributed by atoms with Crippen LogP contribution < -0.4 is 0 Å². The first-order valence-electron chi connectivity index (χ1n) is 17.1. The highest BCUT2D eigenvalue weighted by molar-refractivity contribution is 5.67. The summed E-state index contributed by atoms with van der Waals surface area (Å²) >= 11 is 0. The van der Waals surface area contributed by atoms with Crippen LogP contribution in [-0.2, 0) is 9.53 Å². The molecule has 0 spiro atoms. The Morgan fingerprint density at radius 3 is 2.22 bits per heavy atom. The molecule has 0 aromatic heterocycles. The number of carbonyl (C=O) groups is 1. The molecule has 41 heavy (non-hydrogen) atoms. The molecular weight excluding hydrogens is 500 g/mol. The number of hydrogen-bond donors (Lipinski definition) is 0. The van der Waals surface area contributed by atoms with Gasteiger partial charge in [0.15, 0.2) is 0 Å². The number of benzene rings is 1. The van der Waals surface area contributed by atoms with E-state index in [0.717, 1.165) is 30.1 Å². The second kappa shape index (κ2) is 9.72. The van der Waals surface area contributed by atoms with E-state index in [-0.39, 0.29) is 22.9 Å². The molecule has 1 aromatic rings. The van der Waals surface area contributed by atoms with Gasteiger partial charge in [0, 0.05) is 12.3 Å². The molecule has 0 unspecified atom stereocenters. The molecule has 2 heteroatoms. The van der Waals surface area contributed by atoms with Crippen molar-refractivity contribution in [3.63, 3.8) is 0 Å². The summed E-state index contributed by atoms with van der Waals surface area (Å²) in [4.78, 5) is 12.5. The lowest BCUT2D eigenvalue weighted by Crippen LogP contribution is -2.67. The van der Waals surface area contributed by atoms with Crippen LogP contribution in [0.3, 0.4) is 0 Å². The summed E-state index contributed by atoms with van der Waals surface area (Å²) < 4.78 is 6.24. The monoisotopic (exact) mass is 558 g/mol. The predicted molar refractivity (Wildman–Crippen MR) is 170 cm³/mol. The fourth-order valence-corrected chi connectivity index (χ4v) is 13.1. The van der Waals surface area contributed by atoms with Crippen LogP contribution in [0.4, 0.5) is 0 Å². The highest BCUT2D eigenvalue weighted by atomic mass is 16.5. The fourth-order valence-electron chi connectivity index (χ4n) is 13.1. The second-order valence-electron chi connectivity index (χ2n) is 17.4. The number of ether oxygens (including phenoxy) is 1. The normalized spacial score (nSPS) is 47.7. The van der Waals surface area contributed by atoms with Gasteiger partial charge in [-0.1, -0.05) is 91.8 Å². The van der Waals surface area contributed by atoms with Crippen LogP contribution >= 0.6 is 0 Å². The van der Waals surface area contributed by atoms with E-state index < -0.39 is 0 Å². The van der Waals surface area contributed by atoms with Gasteiger partial charge in [-0.25, -0.2) is 0 Å². The molecule has 0 bridgehead atoms. The van der Waals surface area contributed by atoms with Gasteiger partial charge in [0.1, 0.15) is 6.10 Å². The minimum absolute atomic E-state index is 0.0995. The lowest BCUT2D eigenvalue weighted by molar-refractivity contribution is -0.242. The Labute approximate surface area is 251 Å². The molecule has 0 N–H and O–H groups in total. The van der Waals surface area contributed by atoms with Crippen molar-refractivity contribution < 1.29 is 9.53 Å². The zero-order chi connectivity index (χ0) is 29.6. The van der Waals surface area contributed by atoms with E-state index in [9.17, 15) is 4.79 Å². The maximum absolute atomic E-state index is 12.5. The van der Waals surface area contributed by atoms with E-state index in [1.165, 1.54) is 62.5 Å². The average Bonchev–Trinajstić information content (AvgIpc) is 3.25. The van der Waals surface area contributed by atoms with E-state index in [1.54, 1.807) is 6.92 Å². The van der Waals surface area contributed by atoms with Crippen LogP contribution in [0.5, 0.6) is 0 Å². The first-order valence-corrected chi connectivity index (χ1v) is 17.1. The molecule has 5 fully saturated rings. The van der Waals surface area contributed by atoms with E-state index in [2.05, 4.69) is 91.8 Å². The number of fused-ring (bicyclic) bond motifs is 7. The summed E-state index contributed by atoms with van der Waals surface area (Å²) in [5.74, 6) is 4.56. The van der Waals surface area contributed by atoms with Crippen molar-refractivity contribution >= 4 is 12.0 Å². The lowest BCUT2D eigenvalue weighted by Gasteiger charge is -2.73. The lowest BCUT2D eigenvalue weighted by atomic mass is 9.32. The zero-order valence-electron chi connectivity index (χ0n) is 27.7. The minimum atomic E-state index is -0.157. The van der Waals surface area contributed by atoms with Crippen LogP contribution in [0.2, 0.25) is 0 Å². The summed E-state index contributed by atoms with van der Waals surface area (Å²) in [6, 6.07) is 10.7. The molecule has 0 amide bonds. The van der Waals surface area contributed by atoms with Gasteiger partial charge >= 0.3 is 5.97 Å². The van der Waals surface area contributed by atoms with Gasteiger partial charge in [0.25, 0.3) is 0 Å². The minimum Gasteiger partial charge on any atom is -0.457 e. The fraction of sp³-hybridized carbons (Fsp3) is 0.769. The summed E-state index contributed by atoms with van der Waals surface area (Å²) in [6.45, 7) is 22.3. The van der Waals surface area contributed by atoms with Crippen molar-refractivity contribution in [3.05, 3.63) is 41.5 Å². The molecular formula is C39H58O2. The number of esters is 1. The quantitative estimate of drug-likeness (QED) is 0.345. The molecule has 0 radical (unpaired) electrons. The van der Waals surface area contributed by atoms with Gasteiger partial charge < -0.3 is 4.74 Å². The number of hydrogen-bond acceptors (Lipinski definition) is 2. The van der Waals surface area contributed by atoms with Crippen LogP contribution in [0.25, 0.3) is 6.08 Å². The Hall–Kier alpha value is -1.57. The molecule has 5 aliphatic rings. The molecule has 5 aliphatic carbocycles. The Morgan fingerprint density at radius 2 is 1.56 bits per heavy atom. The molecule has 10 atom stereocenters. The third-order valence-electron chi connectivity index (χ3n) is 15.0. The number of carbonyl (C=O) groups excluding carboxylic acids is 1. The van der Waals surface area contributed by atoms with E-state index in [1.807, 2.05) is 0 Å². The molecule has 6 rings (SSSR count). The number of rotatable bonds is 3. The smallest absolute Gasteiger partial charge is 0.303 e. The van der Waals surface area contributed by atoms with Gasteiger partial charge in [-0.15, -0.1) is 0 Å².